The van der Waals surface area contributed by atoms with Crippen LogP contribution in [0.15, 0.2) is 78.4 Å². The van der Waals surface area contributed by atoms with E-state index < -0.39 is 0 Å². The van der Waals surface area contributed by atoms with Gasteiger partial charge in [-0.1, -0.05) is 67.4 Å². The number of anilines is 1. The van der Waals surface area contributed by atoms with Gasteiger partial charge in [0.2, 0.25) is 0 Å². The molecule has 2 aliphatic rings. The van der Waals surface area contributed by atoms with Crippen LogP contribution in [0.1, 0.15) is 48.8 Å². The number of nitrogens with zero attached hydrogens (tertiary/aromatic N) is 1. The van der Waals surface area contributed by atoms with Gasteiger partial charge in [-0.2, -0.15) is 0 Å². The molecule has 0 atom stereocenters. The number of rotatable bonds is 5. The number of amides is 1. The Morgan fingerprint density at radius 3 is 2.30 bits per heavy atom. The molecule has 0 aromatic heterocycles. The second-order valence-electron chi connectivity index (χ2n) is 9.29. The second-order valence-corrected chi connectivity index (χ2v) is 9.29. The van der Waals surface area contributed by atoms with Crippen LogP contribution >= 0.6 is 0 Å². The largest absolute Gasteiger partial charge is 0.322 e. The smallest absolute Gasteiger partial charge is 0.251 e. The maximum atomic E-state index is 13.0. The van der Waals surface area contributed by atoms with Gasteiger partial charge in [0.1, 0.15) is 0 Å². The van der Waals surface area contributed by atoms with E-state index >= 15 is 0 Å². The molecule has 1 aliphatic heterocycles. The van der Waals surface area contributed by atoms with Gasteiger partial charge in [-0.05, 0) is 90.9 Å². The van der Waals surface area contributed by atoms with Crippen LogP contribution in [0.3, 0.4) is 0 Å². The van der Waals surface area contributed by atoms with Crippen LogP contribution in [-0.2, 0) is 17.8 Å². The van der Waals surface area contributed by atoms with Gasteiger partial charge in [-0.3, -0.25) is 9.69 Å². The fourth-order valence-electron chi connectivity index (χ4n) is 4.93. The molecule has 1 amide bonds. The third-order valence-electron chi connectivity index (χ3n) is 6.85. The van der Waals surface area contributed by atoms with E-state index in [1.807, 2.05) is 18.2 Å². The third kappa shape index (κ3) is 5.43. The van der Waals surface area contributed by atoms with E-state index in [-0.39, 0.29) is 5.91 Å². The number of nitrogens with one attached hydrogen (secondary N) is 1. The number of likely N-dealkylation sites (tertiary alicyclic amines) is 1. The van der Waals surface area contributed by atoms with Crippen LogP contribution in [0.4, 0.5) is 5.69 Å². The van der Waals surface area contributed by atoms with Gasteiger partial charge >= 0.3 is 0 Å². The maximum absolute atomic E-state index is 13.0. The average Bonchev–Trinajstić information content (AvgIpc) is 3.14. The van der Waals surface area contributed by atoms with E-state index in [2.05, 4.69) is 70.9 Å². The molecule has 1 aliphatic carbocycles. The Kier molecular flexibility index (Phi) is 6.68. The molecule has 1 N–H and O–H groups in total. The van der Waals surface area contributed by atoms with Gasteiger partial charge in [0.05, 0.1) is 0 Å². The molecule has 3 heteroatoms. The van der Waals surface area contributed by atoms with E-state index in [1.165, 1.54) is 61.0 Å². The van der Waals surface area contributed by atoms with E-state index in [0.717, 1.165) is 36.2 Å². The molecule has 0 saturated carbocycles. The van der Waals surface area contributed by atoms with Crippen molar-refractivity contribution in [2.24, 2.45) is 0 Å². The molecular formula is C30H32N2O. The van der Waals surface area contributed by atoms with Crippen molar-refractivity contribution in [1.29, 1.82) is 0 Å². The highest BCUT2D eigenvalue weighted by molar-refractivity contribution is 6.07. The number of carbonyl (C=O) groups excluding carboxylic acids is 1. The topological polar surface area (TPSA) is 32.3 Å². The summed E-state index contributed by atoms with van der Waals surface area (Å²) in [5.74, 6) is 0.00559. The zero-order valence-electron chi connectivity index (χ0n) is 19.2. The Morgan fingerprint density at radius 2 is 1.55 bits per heavy atom. The zero-order valence-corrected chi connectivity index (χ0v) is 19.2. The van der Waals surface area contributed by atoms with Crippen molar-refractivity contribution in [1.82, 2.24) is 4.90 Å². The summed E-state index contributed by atoms with van der Waals surface area (Å²) in [5.41, 5.74) is 7.88. The van der Waals surface area contributed by atoms with Crippen molar-refractivity contribution < 1.29 is 4.79 Å². The van der Waals surface area contributed by atoms with E-state index in [9.17, 15) is 4.79 Å². The van der Waals surface area contributed by atoms with Crippen molar-refractivity contribution in [2.45, 2.75) is 45.1 Å². The highest BCUT2D eigenvalue weighted by Gasteiger charge is 2.17. The fraction of sp³-hybridized carbons (Fsp3) is 0.300. The minimum Gasteiger partial charge on any atom is -0.322 e. The summed E-state index contributed by atoms with van der Waals surface area (Å²) in [6.07, 6.45) is 9.06. The Hall–Kier alpha value is -3.17. The monoisotopic (exact) mass is 436 g/mol. The summed E-state index contributed by atoms with van der Waals surface area (Å²) >= 11 is 0. The quantitative estimate of drug-likeness (QED) is 0.483. The standard InChI is InChI=1S/C30H32N2O/c33-30(31-29-16-10-23(11-17-29)22-32-18-6-1-2-7-19-32)27-15-13-25-12-14-26(20-28(25)21-27)24-8-4-3-5-9-24/h3-5,8-12,14,16-17,20-21H,1-2,6-7,13,15,18-19,22H2,(H,31,33). The highest BCUT2D eigenvalue weighted by Crippen LogP contribution is 2.29. The second kappa shape index (κ2) is 10.2. The Balaban J connectivity index is 1.25. The normalized spacial score (nSPS) is 16.4. The summed E-state index contributed by atoms with van der Waals surface area (Å²) in [6.45, 7) is 3.39. The van der Waals surface area contributed by atoms with Crippen molar-refractivity contribution in [3.05, 3.63) is 95.1 Å². The number of benzene rings is 3. The Bertz CT molecular complexity index is 1120. The minimum atomic E-state index is 0.00559. The first-order chi connectivity index (χ1) is 16.2. The summed E-state index contributed by atoms with van der Waals surface area (Å²) < 4.78 is 0. The SMILES string of the molecule is O=C(Nc1ccc(CN2CCCCCC2)cc1)C1=Cc2cc(-c3ccccc3)ccc2CC1. The van der Waals surface area contributed by atoms with Crippen LogP contribution in [-0.4, -0.2) is 23.9 Å². The van der Waals surface area contributed by atoms with E-state index in [4.69, 9.17) is 0 Å². The number of aryl methyl sites for hydroxylation is 1. The zero-order chi connectivity index (χ0) is 22.5. The summed E-state index contributed by atoms with van der Waals surface area (Å²) in [5, 5.41) is 3.11. The van der Waals surface area contributed by atoms with Crippen molar-refractivity contribution in [3.63, 3.8) is 0 Å². The van der Waals surface area contributed by atoms with Gasteiger partial charge in [0, 0.05) is 17.8 Å². The van der Waals surface area contributed by atoms with Crippen LogP contribution in [0, 0.1) is 0 Å². The molecule has 3 aromatic rings. The molecule has 1 fully saturated rings. The summed E-state index contributed by atoms with van der Waals surface area (Å²) in [7, 11) is 0. The molecule has 1 heterocycles. The molecule has 3 nitrogen and oxygen atoms in total. The first kappa shape index (κ1) is 21.7. The van der Waals surface area contributed by atoms with Gasteiger partial charge < -0.3 is 5.32 Å². The first-order valence-corrected chi connectivity index (χ1v) is 12.3. The Morgan fingerprint density at radius 1 is 0.788 bits per heavy atom. The molecule has 0 radical (unpaired) electrons. The van der Waals surface area contributed by atoms with Crippen molar-refractivity contribution >= 4 is 17.7 Å². The lowest BCUT2D eigenvalue weighted by Crippen LogP contribution is -2.23. The molecule has 168 valence electrons. The van der Waals surface area contributed by atoms with E-state index in [0.29, 0.717) is 0 Å². The van der Waals surface area contributed by atoms with E-state index in [1.54, 1.807) is 0 Å². The molecule has 33 heavy (non-hydrogen) atoms. The van der Waals surface area contributed by atoms with Crippen molar-refractivity contribution in [3.8, 4) is 11.1 Å². The predicted octanol–water partition coefficient (Wildman–Crippen LogP) is 6.70. The average molecular weight is 437 g/mol. The van der Waals surface area contributed by atoms with Crippen molar-refractivity contribution in [2.75, 3.05) is 18.4 Å². The Labute approximate surface area is 197 Å². The molecular weight excluding hydrogens is 404 g/mol. The molecule has 3 aromatic carbocycles. The number of fused-ring (bicyclic) bond motifs is 1. The molecule has 0 bridgehead atoms. The third-order valence-corrected chi connectivity index (χ3v) is 6.85. The minimum absolute atomic E-state index is 0.00559. The van der Waals surface area contributed by atoms with Gasteiger partial charge in [-0.15, -0.1) is 0 Å². The lowest BCUT2D eigenvalue weighted by molar-refractivity contribution is -0.112. The van der Waals surface area contributed by atoms with Gasteiger partial charge in [-0.25, -0.2) is 0 Å². The first-order valence-electron chi connectivity index (χ1n) is 12.3. The van der Waals surface area contributed by atoms with Crippen LogP contribution in [0.25, 0.3) is 17.2 Å². The molecule has 0 spiro atoms. The lowest BCUT2D eigenvalue weighted by Gasteiger charge is -2.20. The van der Waals surface area contributed by atoms with Crippen LogP contribution in [0.5, 0.6) is 0 Å². The van der Waals surface area contributed by atoms with Gasteiger partial charge in [0.15, 0.2) is 0 Å². The summed E-state index contributed by atoms with van der Waals surface area (Å²) in [4.78, 5) is 15.5. The lowest BCUT2D eigenvalue weighted by atomic mass is 9.89. The fourth-order valence-corrected chi connectivity index (χ4v) is 4.93. The molecule has 1 saturated heterocycles. The molecule has 0 unspecified atom stereocenters. The number of hydrogen-bond acceptors (Lipinski definition) is 2. The van der Waals surface area contributed by atoms with Crippen LogP contribution < -0.4 is 5.32 Å². The number of hydrogen-bond donors (Lipinski definition) is 1. The number of carbonyl (C=O) groups is 1. The van der Waals surface area contributed by atoms with Gasteiger partial charge in [0.25, 0.3) is 5.91 Å². The highest BCUT2D eigenvalue weighted by atomic mass is 16.1. The predicted molar refractivity (Wildman–Crippen MR) is 137 cm³/mol. The van der Waals surface area contributed by atoms with Crippen LogP contribution in [0.2, 0.25) is 0 Å². The maximum Gasteiger partial charge on any atom is 0.251 e. The molecule has 5 rings (SSSR count). The summed E-state index contributed by atoms with van der Waals surface area (Å²) in [6, 6.07) is 25.4.